The molecule has 1 fully saturated rings. The maximum atomic E-state index is 11.6. The minimum atomic E-state index is 0.229. The van der Waals surface area contributed by atoms with Gasteiger partial charge in [0.2, 0.25) is 11.0 Å². The molecule has 1 unspecified atom stereocenters. The van der Waals surface area contributed by atoms with Crippen LogP contribution < -0.4 is 5.32 Å². The van der Waals surface area contributed by atoms with Crippen LogP contribution in [-0.2, 0) is 11.3 Å². The molecule has 1 saturated heterocycles. The van der Waals surface area contributed by atoms with Crippen molar-refractivity contribution in [1.82, 2.24) is 15.1 Å². The minimum absolute atomic E-state index is 0.229. The number of nitrogens with zero attached hydrogens (tertiary/aromatic N) is 3. The molecule has 1 N–H and O–H groups in total. The first-order chi connectivity index (χ1) is 7.69. The molecule has 2 rings (SSSR count). The van der Waals surface area contributed by atoms with Gasteiger partial charge in [0.1, 0.15) is 5.01 Å². The average molecular weight is 240 g/mol. The number of anilines is 1. The van der Waals surface area contributed by atoms with Gasteiger partial charge in [0.15, 0.2) is 0 Å². The highest BCUT2D eigenvalue weighted by Gasteiger charge is 2.27. The zero-order chi connectivity index (χ0) is 11.5. The van der Waals surface area contributed by atoms with E-state index in [2.05, 4.69) is 22.4 Å². The third kappa shape index (κ3) is 2.49. The van der Waals surface area contributed by atoms with Gasteiger partial charge in [-0.15, -0.1) is 10.2 Å². The third-order valence-corrected chi connectivity index (χ3v) is 3.39. The third-order valence-electron chi connectivity index (χ3n) is 2.53. The van der Waals surface area contributed by atoms with Gasteiger partial charge in [0.25, 0.3) is 0 Å². The second-order valence-corrected chi connectivity index (χ2v) is 5.18. The van der Waals surface area contributed by atoms with E-state index in [0.717, 1.165) is 23.2 Å². The molecule has 5 nitrogen and oxygen atoms in total. The molecule has 1 amide bonds. The smallest absolute Gasteiger partial charge is 0.223 e. The fourth-order valence-corrected chi connectivity index (χ4v) is 2.65. The number of rotatable bonds is 4. The molecule has 1 atom stereocenters. The van der Waals surface area contributed by atoms with Gasteiger partial charge >= 0.3 is 0 Å². The van der Waals surface area contributed by atoms with Crippen molar-refractivity contribution in [3.05, 3.63) is 5.01 Å². The number of carbonyl (C=O) groups excluding carboxylic acids is 1. The number of likely N-dealkylation sites (tertiary alicyclic amines) is 1. The van der Waals surface area contributed by atoms with Gasteiger partial charge in [0.05, 0.1) is 6.54 Å². The van der Waals surface area contributed by atoms with Crippen LogP contribution in [0.15, 0.2) is 0 Å². The number of nitrogens with one attached hydrogen (secondary N) is 1. The summed E-state index contributed by atoms with van der Waals surface area (Å²) in [5.41, 5.74) is 0. The molecule has 0 aromatic carbocycles. The summed E-state index contributed by atoms with van der Waals surface area (Å²) in [6.07, 6.45) is 0.666. The van der Waals surface area contributed by atoms with Gasteiger partial charge in [-0.2, -0.15) is 0 Å². The number of hydrogen-bond acceptors (Lipinski definition) is 5. The van der Waals surface area contributed by atoms with Crippen molar-refractivity contribution in [2.75, 3.05) is 18.4 Å². The van der Waals surface area contributed by atoms with Crippen molar-refractivity contribution in [1.29, 1.82) is 0 Å². The van der Waals surface area contributed by atoms with E-state index < -0.39 is 0 Å². The van der Waals surface area contributed by atoms with Gasteiger partial charge in [-0.3, -0.25) is 4.79 Å². The van der Waals surface area contributed by atoms with Gasteiger partial charge < -0.3 is 10.2 Å². The van der Waals surface area contributed by atoms with Gasteiger partial charge in [-0.1, -0.05) is 18.3 Å². The summed E-state index contributed by atoms with van der Waals surface area (Å²) in [7, 11) is 0. The molecule has 0 saturated carbocycles. The Bertz CT molecular complexity index is 379. The Labute approximate surface area is 98.9 Å². The van der Waals surface area contributed by atoms with Crippen molar-refractivity contribution in [2.24, 2.45) is 5.92 Å². The minimum Gasteiger partial charge on any atom is -0.360 e. The first kappa shape index (κ1) is 11.3. The van der Waals surface area contributed by atoms with Crippen LogP contribution >= 0.6 is 11.3 Å². The Balaban J connectivity index is 1.95. The Hall–Kier alpha value is -1.17. The van der Waals surface area contributed by atoms with E-state index in [1.807, 2.05) is 11.8 Å². The topological polar surface area (TPSA) is 58.1 Å². The Kier molecular flexibility index (Phi) is 3.38. The average Bonchev–Trinajstić information content (AvgIpc) is 2.76. The van der Waals surface area contributed by atoms with Crippen LogP contribution in [0.5, 0.6) is 0 Å². The maximum absolute atomic E-state index is 11.6. The van der Waals surface area contributed by atoms with E-state index in [4.69, 9.17) is 0 Å². The molecule has 1 aliphatic rings. The first-order valence-corrected chi connectivity index (χ1v) is 6.34. The van der Waals surface area contributed by atoms with Crippen molar-refractivity contribution in [3.8, 4) is 0 Å². The van der Waals surface area contributed by atoms with E-state index >= 15 is 0 Å². The lowest BCUT2D eigenvalue weighted by atomic mass is 10.2. The molecule has 16 heavy (non-hydrogen) atoms. The number of aromatic nitrogens is 2. The fraction of sp³-hybridized carbons (Fsp3) is 0.700. The monoisotopic (exact) mass is 240 g/mol. The summed E-state index contributed by atoms with van der Waals surface area (Å²) in [5, 5.41) is 12.9. The lowest BCUT2D eigenvalue weighted by Crippen LogP contribution is -2.24. The Morgan fingerprint density at radius 2 is 2.38 bits per heavy atom. The summed E-state index contributed by atoms with van der Waals surface area (Å²) in [6.45, 7) is 6.41. The van der Waals surface area contributed by atoms with Crippen molar-refractivity contribution >= 4 is 22.4 Å². The second-order valence-electron chi connectivity index (χ2n) is 4.11. The lowest BCUT2D eigenvalue weighted by Gasteiger charge is -2.13. The normalized spacial score (nSPS) is 20.5. The van der Waals surface area contributed by atoms with E-state index in [1.54, 1.807) is 0 Å². The lowest BCUT2D eigenvalue weighted by molar-refractivity contribution is -0.128. The van der Waals surface area contributed by atoms with Gasteiger partial charge in [-0.05, 0) is 12.8 Å². The highest BCUT2D eigenvalue weighted by Crippen LogP contribution is 2.22. The molecular weight excluding hydrogens is 224 g/mol. The predicted molar refractivity (Wildman–Crippen MR) is 63.3 cm³/mol. The number of hydrogen-bond donors (Lipinski definition) is 1. The maximum Gasteiger partial charge on any atom is 0.223 e. The Morgan fingerprint density at radius 3 is 3.00 bits per heavy atom. The van der Waals surface area contributed by atoms with Crippen LogP contribution in [0.25, 0.3) is 0 Å². The van der Waals surface area contributed by atoms with Gasteiger partial charge in [-0.25, -0.2) is 0 Å². The SMILES string of the molecule is CCNc1nnc(CN2CC(C)CC2=O)s1. The van der Waals surface area contributed by atoms with E-state index in [1.165, 1.54) is 11.3 Å². The molecule has 2 heterocycles. The molecule has 0 spiro atoms. The van der Waals surface area contributed by atoms with Crippen molar-refractivity contribution in [3.63, 3.8) is 0 Å². The quantitative estimate of drug-likeness (QED) is 0.862. The molecule has 1 aliphatic heterocycles. The van der Waals surface area contributed by atoms with E-state index in [-0.39, 0.29) is 5.91 Å². The standard InChI is InChI=1S/C10H16N4OS/c1-3-11-10-13-12-8(16-10)6-14-5-7(2)4-9(14)15/h7H,3-6H2,1-2H3,(H,11,13). The highest BCUT2D eigenvalue weighted by atomic mass is 32.1. The molecule has 1 aromatic heterocycles. The van der Waals surface area contributed by atoms with Crippen molar-refractivity contribution < 1.29 is 4.79 Å². The van der Waals surface area contributed by atoms with E-state index in [0.29, 0.717) is 18.9 Å². The van der Waals surface area contributed by atoms with Crippen LogP contribution in [0.4, 0.5) is 5.13 Å². The van der Waals surface area contributed by atoms with Crippen LogP contribution in [-0.4, -0.2) is 34.1 Å². The number of carbonyl (C=O) groups is 1. The molecule has 0 aliphatic carbocycles. The molecular formula is C10H16N4OS. The summed E-state index contributed by atoms with van der Waals surface area (Å²) >= 11 is 1.52. The van der Waals surface area contributed by atoms with Gasteiger partial charge in [0, 0.05) is 19.5 Å². The zero-order valence-corrected chi connectivity index (χ0v) is 10.4. The van der Waals surface area contributed by atoms with Crippen LogP contribution in [0, 0.1) is 5.92 Å². The summed E-state index contributed by atoms with van der Waals surface area (Å²) in [6, 6.07) is 0. The largest absolute Gasteiger partial charge is 0.360 e. The molecule has 0 radical (unpaired) electrons. The molecule has 88 valence electrons. The highest BCUT2D eigenvalue weighted by molar-refractivity contribution is 7.15. The van der Waals surface area contributed by atoms with Crippen LogP contribution in [0.2, 0.25) is 0 Å². The van der Waals surface area contributed by atoms with E-state index in [9.17, 15) is 4.79 Å². The Morgan fingerprint density at radius 1 is 1.56 bits per heavy atom. The second kappa shape index (κ2) is 4.78. The summed E-state index contributed by atoms with van der Waals surface area (Å²) in [5.74, 6) is 0.696. The van der Waals surface area contributed by atoms with Crippen LogP contribution in [0.1, 0.15) is 25.3 Å². The number of amides is 1. The molecule has 0 bridgehead atoms. The summed E-state index contributed by atoms with van der Waals surface area (Å²) in [4.78, 5) is 13.5. The predicted octanol–water partition coefficient (Wildman–Crippen LogP) is 1.34. The zero-order valence-electron chi connectivity index (χ0n) is 9.56. The van der Waals surface area contributed by atoms with Crippen molar-refractivity contribution in [2.45, 2.75) is 26.8 Å². The van der Waals surface area contributed by atoms with Crippen LogP contribution in [0.3, 0.4) is 0 Å². The molecule has 6 heteroatoms. The molecule has 1 aromatic rings. The summed E-state index contributed by atoms with van der Waals surface area (Å²) < 4.78 is 0. The fourth-order valence-electron chi connectivity index (χ4n) is 1.83. The first-order valence-electron chi connectivity index (χ1n) is 5.53.